The van der Waals surface area contributed by atoms with E-state index in [9.17, 15) is 4.79 Å². The molecular formula is C21H24N4O2S2. The number of carbonyl (C=O) groups excluding carboxylic acids is 1. The number of fused-ring (bicyclic) bond motifs is 1. The second-order valence-corrected chi connectivity index (χ2v) is 8.78. The number of thiophene rings is 1. The smallest absolute Gasteiger partial charge is 0.234 e. The van der Waals surface area contributed by atoms with E-state index in [1.807, 2.05) is 29.5 Å². The second kappa shape index (κ2) is 9.00. The molecule has 1 aliphatic carbocycles. The molecule has 6 nitrogen and oxygen atoms in total. The zero-order chi connectivity index (χ0) is 20.2. The van der Waals surface area contributed by atoms with E-state index in [1.54, 1.807) is 13.2 Å². The number of hydrogen-bond donors (Lipinski definition) is 1. The van der Waals surface area contributed by atoms with Crippen LogP contribution in [-0.4, -0.2) is 33.5 Å². The van der Waals surface area contributed by atoms with Gasteiger partial charge in [0.25, 0.3) is 0 Å². The lowest BCUT2D eigenvalue weighted by Crippen LogP contribution is -2.14. The lowest BCUT2D eigenvalue weighted by molar-refractivity contribution is -0.113. The molecule has 1 N–H and O–H groups in total. The van der Waals surface area contributed by atoms with Gasteiger partial charge in [0.05, 0.1) is 12.9 Å². The molecule has 0 spiro atoms. The van der Waals surface area contributed by atoms with Crippen LogP contribution in [0.5, 0.6) is 5.75 Å². The van der Waals surface area contributed by atoms with E-state index < -0.39 is 0 Å². The number of thioether (sulfide) groups is 1. The Balaban J connectivity index is 1.46. The van der Waals surface area contributed by atoms with E-state index >= 15 is 0 Å². The number of methoxy groups -OCH3 is 1. The van der Waals surface area contributed by atoms with Crippen LogP contribution in [0.4, 0.5) is 5.69 Å². The maximum absolute atomic E-state index is 12.4. The standard InChI is InChI=1S/C21H24N4O2S2/c1-3-25-20(17-12-28-18-10-5-4-9-16(17)18)23-24-21(25)29-13-19(26)22-14-7-6-8-15(11-14)27-2/h6-8,11-12H,3-5,9-10,13H2,1-2H3,(H,22,26). The summed E-state index contributed by atoms with van der Waals surface area (Å²) < 4.78 is 7.31. The predicted molar refractivity (Wildman–Crippen MR) is 118 cm³/mol. The molecule has 4 rings (SSSR count). The van der Waals surface area contributed by atoms with Gasteiger partial charge in [0, 0.05) is 34.1 Å². The van der Waals surface area contributed by atoms with Gasteiger partial charge in [-0.05, 0) is 50.3 Å². The monoisotopic (exact) mass is 428 g/mol. The van der Waals surface area contributed by atoms with E-state index in [-0.39, 0.29) is 11.7 Å². The van der Waals surface area contributed by atoms with Crippen molar-refractivity contribution in [3.05, 3.63) is 40.1 Å². The Morgan fingerprint density at radius 3 is 3.00 bits per heavy atom. The fourth-order valence-corrected chi connectivity index (χ4v) is 5.52. The molecule has 1 amide bonds. The quantitative estimate of drug-likeness (QED) is 0.555. The number of rotatable bonds is 7. The van der Waals surface area contributed by atoms with Crippen LogP contribution in [0.25, 0.3) is 11.4 Å². The molecule has 29 heavy (non-hydrogen) atoms. The summed E-state index contributed by atoms with van der Waals surface area (Å²) in [6.45, 7) is 2.86. The maximum Gasteiger partial charge on any atom is 0.234 e. The van der Waals surface area contributed by atoms with Gasteiger partial charge < -0.3 is 14.6 Å². The van der Waals surface area contributed by atoms with Gasteiger partial charge in [-0.3, -0.25) is 4.79 Å². The number of amides is 1. The first kappa shape index (κ1) is 20.0. The van der Waals surface area contributed by atoms with Crippen molar-refractivity contribution in [3.8, 4) is 17.1 Å². The molecule has 2 heterocycles. The average Bonchev–Trinajstić information content (AvgIpc) is 3.35. The number of ether oxygens (including phenoxy) is 1. The zero-order valence-corrected chi connectivity index (χ0v) is 18.2. The number of aromatic nitrogens is 3. The summed E-state index contributed by atoms with van der Waals surface area (Å²) in [5, 5.41) is 14.8. The van der Waals surface area contributed by atoms with Crippen LogP contribution in [-0.2, 0) is 24.2 Å². The van der Waals surface area contributed by atoms with Crippen molar-refractivity contribution in [1.29, 1.82) is 0 Å². The minimum absolute atomic E-state index is 0.0802. The van der Waals surface area contributed by atoms with Gasteiger partial charge in [0.2, 0.25) is 5.91 Å². The Kier molecular flexibility index (Phi) is 6.20. The molecule has 0 unspecified atom stereocenters. The predicted octanol–water partition coefficient (Wildman–Crippen LogP) is 4.64. The Bertz CT molecular complexity index is 1010. The SMILES string of the molecule is CCn1c(SCC(=O)Nc2cccc(OC)c2)nnc1-c1csc2c1CCCC2. The summed E-state index contributed by atoms with van der Waals surface area (Å²) >= 11 is 3.25. The molecule has 0 fully saturated rings. The lowest BCUT2D eigenvalue weighted by atomic mass is 9.96. The highest BCUT2D eigenvalue weighted by Crippen LogP contribution is 2.36. The second-order valence-electron chi connectivity index (χ2n) is 6.88. The Morgan fingerprint density at radius 1 is 1.31 bits per heavy atom. The van der Waals surface area contributed by atoms with Crippen LogP contribution in [0.2, 0.25) is 0 Å². The highest BCUT2D eigenvalue weighted by molar-refractivity contribution is 7.99. The highest BCUT2D eigenvalue weighted by atomic mass is 32.2. The molecule has 1 aromatic carbocycles. The van der Waals surface area contributed by atoms with Gasteiger partial charge in [-0.1, -0.05) is 17.8 Å². The van der Waals surface area contributed by atoms with Crippen molar-refractivity contribution in [2.24, 2.45) is 0 Å². The van der Waals surface area contributed by atoms with Crippen molar-refractivity contribution in [3.63, 3.8) is 0 Å². The van der Waals surface area contributed by atoms with Crippen LogP contribution < -0.4 is 10.1 Å². The fourth-order valence-electron chi connectivity index (χ4n) is 3.59. The summed E-state index contributed by atoms with van der Waals surface area (Å²) in [5.74, 6) is 1.83. The Morgan fingerprint density at radius 2 is 2.17 bits per heavy atom. The zero-order valence-electron chi connectivity index (χ0n) is 16.6. The number of nitrogens with zero attached hydrogens (tertiary/aromatic N) is 3. The summed E-state index contributed by atoms with van der Waals surface area (Å²) in [7, 11) is 1.61. The van der Waals surface area contributed by atoms with Crippen molar-refractivity contribution >= 4 is 34.7 Å². The lowest BCUT2D eigenvalue weighted by Gasteiger charge is -2.13. The first-order chi connectivity index (χ1) is 14.2. The van der Waals surface area contributed by atoms with Crippen molar-refractivity contribution in [1.82, 2.24) is 14.8 Å². The topological polar surface area (TPSA) is 69.0 Å². The molecular weight excluding hydrogens is 404 g/mol. The average molecular weight is 429 g/mol. The van der Waals surface area contributed by atoms with E-state index in [4.69, 9.17) is 4.74 Å². The first-order valence-corrected chi connectivity index (χ1v) is 11.7. The Labute approximate surface area is 178 Å². The van der Waals surface area contributed by atoms with Gasteiger partial charge >= 0.3 is 0 Å². The van der Waals surface area contributed by atoms with E-state index in [0.717, 1.165) is 29.6 Å². The number of carbonyl (C=O) groups is 1. The number of anilines is 1. The number of aryl methyl sites for hydroxylation is 1. The van der Waals surface area contributed by atoms with Crippen LogP contribution >= 0.6 is 23.1 Å². The van der Waals surface area contributed by atoms with Crippen molar-refractivity contribution < 1.29 is 9.53 Å². The third kappa shape index (κ3) is 4.33. The summed E-state index contributed by atoms with van der Waals surface area (Å²) in [6, 6.07) is 7.34. The largest absolute Gasteiger partial charge is 0.497 e. The summed E-state index contributed by atoms with van der Waals surface area (Å²) in [4.78, 5) is 13.9. The van der Waals surface area contributed by atoms with Crippen LogP contribution in [0.3, 0.4) is 0 Å². The molecule has 3 aromatic rings. The maximum atomic E-state index is 12.4. The van der Waals surface area contributed by atoms with Gasteiger partial charge in [0.1, 0.15) is 5.75 Å². The third-order valence-electron chi connectivity index (χ3n) is 5.02. The minimum atomic E-state index is -0.0802. The van der Waals surface area contributed by atoms with Crippen LogP contribution in [0.1, 0.15) is 30.2 Å². The van der Waals surface area contributed by atoms with Gasteiger partial charge in [-0.2, -0.15) is 0 Å². The number of benzene rings is 1. The Hall–Kier alpha value is -2.32. The molecule has 1 aliphatic rings. The van der Waals surface area contributed by atoms with Crippen LogP contribution in [0, 0.1) is 0 Å². The van der Waals surface area contributed by atoms with E-state index in [1.165, 1.54) is 47.0 Å². The van der Waals surface area contributed by atoms with Crippen molar-refractivity contribution in [2.45, 2.75) is 44.3 Å². The molecule has 0 saturated heterocycles. The molecule has 2 aromatic heterocycles. The molecule has 152 valence electrons. The summed E-state index contributed by atoms with van der Waals surface area (Å²) in [6.07, 6.45) is 4.81. The first-order valence-electron chi connectivity index (χ1n) is 9.79. The normalized spacial score (nSPS) is 13.2. The van der Waals surface area contributed by atoms with Crippen LogP contribution in [0.15, 0.2) is 34.8 Å². The fraction of sp³-hybridized carbons (Fsp3) is 0.381. The summed E-state index contributed by atoms with van der Waals surface area (Å²) in [5.41, 5.74) is 3.37. The van der Waals surface area contributed by atoms with E-state index in [2.05, 4.69) is 32.4 Å². The molecule has 0 aliphatic heterocycles. The number of nitrogens with one attached hydrogen (secondary N) is 1. The molecule has 0 atom stereocenters. The third-order valence-corrected chi connectivity index (χ3v) is 7.08. The van der Waals surface area contributed by atoms with Gasteiger partial charge in [-0.15, -0.1) is 21.5 Å². The van der Waals surface area contributed by atoms with E-state index in [0.29, 0.717) is 5.75 Å². The van der Waals surface area contributed by atoms with Crippen molar-refractivity contribution in [2.75, 3.05) is 18.2 Å². The van der Waals surface area contributed by atoms with Gasteiger partial charge in [0.15, 0.2) is 11.0 Å². The minimum Gasteiger partial charge on any atom is -0.497 e. The molecule has 0 saturated carbocycles. The number of hydrogen-bond acceptors (Lipinski definition) is 6. The van der Waals surface area contributed by atoms with Gasteiger partial charge in [-0.25, -0.2) is 0 Å². The molecule has 0 radical (unpaired) electrons. The molecule has 0 bridgehead atoms. The highest BCUT2D eigenvalue weighted by Gasteiger charge is 2.22. The molecule has 8 heteroatoms.